The SMILES string of the molecule is CO[C@H]1CN(C(=O)NCCCC(=O)O)C[C@H]1OC. The predicted octanol–water partition coefficient (Wildman–Crippen LogP) is -0.0936. The fourth-order valence-electron chi connectivity index (χ4n) is 1.91. The van der Waals surface area contributed by atoms with Gasteiger partial charge in [-0.25, -0.2) is 4.79 Å². The number of carboxylic acid groups (broad SMARTS) is 1. The Morgan fingerprint density at radius 1 is 1.28 bits per heavy atom. The van der Waals surface area contributed by atoms with Crippen LogP contribution in [0.3, 0.4) is 0 Å². The number of carbonyl (C=O) groups is 2. The quantitative estimate of drug-likeness (QED) is 0.651. The van der Waals surface area contributed by atoms with Crippen LogP contribution in [-0.2, 0) is 14.3 Å². The minimum absolute atomic E-state index is 0.0572. The van der Waals surface area contributed by atoms with E-state index in [0.29, 0.717) is 26.1 Å². The van der Waals surface area contributed by atoms with E-state index in [9.17, 15) is 9.59 Å². The summed E-state index contributed by atoms with van der Waals surface area (Å²) in [7, 11) is 3.18. The average Bonchev–Trinajstić information content (AvgIpc) is 2.77. The summed E-state index contributed by atoms with van der Waals surface area (Å²) in [5.41, 5.74) is 0. The van der Waals surface area contributed by atoms with Crippen molar-refractivity contribution in [3.05, 3.63) is 0 Å². The number of nitrogens with one attached hydrogen (secondary N) is 1. The normalized spacial score (nSPS) is 23.1. The first kappa shape index (κ1) is 14.7. The van der Waals surface area contributed by atoms with Gasteiger partial charge >= 0.3 is 12.0 Å². The number of ether oxygens (including phenoxy) is 2. The molecule has 0 radical (unpaired) electrons. The van der Waals surface area contributed by atoms with Gasteiger partial charge in [0, 0.05) is 27.2 Å². The number of hydrogen-bond donors (Lipinski definition) is 2. The molecule has 1 aliphatic rings. The number of hydrogen-bond acceptors (Lipinski definition) is 4. The first-order chi connectivity index (χ1) is 8.58. The summed E-state index contributed by atoms with van der Waals surface area (Å²) in [5.74, 6) is -0.857. The highest BCUT2D eigenvalue weighted by Gasteiger charge is 2.35. The number of aliphatic carboxylic acids is 1. The Morgan fingerprint density at radius 3 is 2.28 bits per heavy atom. The molecule has 0 unspecified atom stereocenters. The summed E-state index contributed by atoms with van der Waals surface area (Å²) in [6.07, 6.45) is 0.261. The first-order valence-corrected chi connectivity index (χ1v) is 5.88. The number of methoxy groups -OCH3 is 2. The van der Waals surface area contributed by atoms with E-state index in [1.807, 2.05) is 0 Å². The lowest BCUT2D eigenvalue weighted by Crippen LogP contribution is -2.39. The fourth-order valence-corrected chi connectivity index (χ4v) is 1.91. The van der Waals surface area contributed by atoms with Gasteiger partial charge in [0.05, 0.1) is 13.1 Å². The van der Waals surface area contributed by atoms with Crippen LogP contribution in [0.2, 0.25) is 0 Å². The summed E-state index contributed by atoms with van der Waals surface area (Å²) in [5, 5.41) is 11.1. The molecule has 1 saturated heterocycles. The molecule has 0 bridgehead atoms. The van der Waals surface area contributed by atoms with Gasteiger partial charge in [-0.2, -0.15) is 0 Å². The molecule has 104 valence electrons. The number of urea groups is 1. The standard InChI is InChI=1S/C11H20N2O5/c1-17-8-6-13(7-9(8)18-2)11(16)12-5-3-4-10(14)15/h8-9H,3-7H2,1-2H3,(H,12,16)(H,14,15)/t8-,9+. The van der Waals surface area contributed by atoms with Crippen LogP contribution in [-0.4, -0.2) is 68.1 Å². The van der Waals surface area contributed by atoms with Crippen LogP contribution in [0.1, 0.15) is 12.8 Å². The topological polar surface area (TPSA) is 88.1 Å². The molecule has 0 aliphatic carbocycles. The summed E-state index contributed by atoms with van der Waals surface area (Å²) >= 11 is 0. The molecule has 7 nitrogen and oxygen atoms in total. The second-order valence-electron chi connectivity index (χ2n) is 4.18. The van der Waals surface area contributed by atoms with Crippen molar-refractivity contribution in [2.75, 3.05) is 33.9 Å². The second-order valence-corrected chi connectivity index (χ2v) is 4.18. The summed E-state index contributed by atoms with van der Waals surface area (Å²) < 4.78 is 10.5. The Bertz CT molecular complexity index is 285. The Labute approximate surface area is 106 Å². The largest absolute Gasteiger partial charge is 0.481 e. The van der Waals surface area contributed by atoms with Gasteiger partial charge in [-0.05, 0) is 6.42 Å². The maximum atomic E-state index is 11.8. The van der Waals surface area contributed by atoms with Crippen molar-refractivity contribution in [1.82, 2.24) is 10.2 Å². The molecule has 0 spiro atoms. The average molecular weight is 260 g/mol. The van der Waals surface area contributed by atoms with Crippen LogP contribution >= 0.6 is 0 Å². The van der Waals surface area contributed by atoms with Gasteiger partial charge in [-0.15, -0.1) is 0 Å². The number of carbonyl (C=O) groups excluding carboxylic acids is 1. The highest BCUT2D eigenvalue weighted by molar-refractivity contribution is 5.74. The number of carboxylic acids is 1. The van der Waals surface area contributed by atoms with Gasteiger partial charge in [0.15, 0.2) is 0 Å². The number of nitrogens with zero attached hydrogens (tertiary/aromatic N) is 1. The van der Waals surface area contributed by atoms with Crippen LogP contribution < -0.4 is 5.32 Å². The number of amides is 2. The minimum Gasteiger partial charge on any atom is -0.481 e. The van der Waals surface area contributed by atoms with Crippen LogP contribution in [0.4, 0.5) is 4.79 Å². The monoisotopic (exact) mass is 260 g/mol. The van der Waals surface area contributed by atoms with Gasteiger partial charge in [-0.3, -0.25) is 4.79 Å². The summed E-state index contributed by atoms with van der Waals surface area (Å²) in [6, 6.07) is -0.206. The third-order valence-electron chi connectivity index (χ3n) is 2.95. The number of likely N-dealkylation sites (tertiary alicyclic amines) is 1. The van der Waals surface area contributed by atoms with Crippen molar-refractivity contribution in [3.63, 3.8) is 0 Å². The Kier molecular flexibility index (Phi) is 5.87. The van der Waals surface area contributed by atoms with E-state index in [2.05, 4.69) is 5.32 Å². The van der Waals surface area contributed by atoms with Gasteiger partial charge in [0.1, 0.15) is 12.2 Å². The molecule has 0 aromatic carbocycles. The van der Waals surface area contributed by atoms with Gasteiger partial charge in [0.2, 0.25) is 0 Å². The van der Waals surface area contributed by atoms with Crippen molar-refractivity contribution < 1.29 is 24.2 Å². The zero-order valence-electron chi connectivity index (χ0n) is 10.7. The minimum atomic E-state index is -0.857. The molecule has 0 aromatic rings. The van der Waals surface area contributed by atoms with Crippen molar-refractivity contribution in [2.45, 2.75) is 25.0 Å². The summed E-state index contributed by atoms with van der Waals surface area (Å²) in [4.78, 5) is 23.7. The van der Waals surface area contributed by atoms with E-state index in [1.165, 1.54) is 0 Å². The molecule has 2 N–H and O–H groups in total. The smallest absolute Gasteiger partial charge is 0.317 e. The molecule has 0 aromatic heterocycles. The van der Waals surface area contributed by atoms with Crippen LogP contribution in [0.5, 0.6) is 0 Å². The molecule has 1 heterocycles. The maximum absolute atomic E-state index is 11.8. The Balaban J connectivity index is 2.28. The molecule has 1 fully saturated rings. The molecule has 2 atom stereocenters. The molecular weight excluding hydrogens is 240 g/mol. The third-order valence-corrected chi connectivity index (χ3v) is 2.95. The van der Waals surface area contributed by atoms with E-state index in [4.69, 9.17) is 14.6 Å². The predicted molar refractivity (Wildman–Crippen MR) is 63.4 cm³/mol. The van der Waals surface area contributed by atoms with Crippen molar-refractivity contribution in [2.24, 2.45) is 0 Å². The molecule has 7 heteroatoms. The zero-order valence-corrected chi connectivity index (χ0v) is 10.7. The molecule has 2 amide bonds. The Hall–Kier alpha value is -1.34. The van der Waals surface area contributed by atoms with Crippen molar-refractivity contribution >= 4 is 12.0 Å². The lowest BCUT2D eigenvalue weighted by atomic mass is 10.3. The Morgan fingerprint density at radius 2 is 1.83 bits per heavy atom. The molecule has 0 saturated carbocycles. The molecular formula is C11H20N2O5. The lowest BCUT2D eigenvalue weighted by Gasteiger charge is -2.16. The van der Waals surface area contributed by atoms with E-state index in [0.717, 1.165) is 0 Å². The van der Waals surface area contributed by atoms with Crippen LogP contribution in [0.25, 0.3) is 0 Å². The second kappa shape index (κ2) is 7.17. The van der Waals surface area contributed by atoms with E-state index in [1.54, 1.807) is 19.1 Å². The fraction of sp³-hybridized carbons (Fsp3) is 0.818. The highest BCUT2D eigenvalue weighted by atomic mass is 16.5. The van der Waals surface area contributed by atoms with Crippen LogP contribution in [0.15, 0.2) is 0 Å². The van der Waals surface area contributed by atoms with Gasteiger partial charge in [-0.1, -0.05) is 0 Å². The van der Waals surface area contributed by atoms with Gasteiger partial charge in [0.25, 0.3) is 0 Å². The third kappa shape index (κ3) is 4.15. The maximum Gasteiger partial charge on any atom is 0.317 e. The lowest BCUT2D eigenvalue weighted by molar-refractivity contribution is -0.137. The molecule has 18 heavy (non-hydrogen) atoms. The van der Waals surface area contributed by atoms with Crippen LogP contribution in [0, 0.1) is 0 Å². The van der Waals surface area contributed by atoms with E-state index >= 15 is 0 Å². The van der Waals surface area contributed by atoms with E-state index < -0.39 is 5.97 Å². The first-order valence-electron chi connectivity index (χ1n) is 5.88. The summed E-state index contributed by atoms with van der Waals surface area (Å²) in [6.45, 7) is 1.33. The highest BCUT2D eigenvalue weighted by Crippen LogP contribution is 2.15. The number of rotatable bonds is 6. The van der Waals surface area contributed by atoms with E-state index in [-0.39, 0.29) is 24.7 Å². The van der Waals surface area contributed by atoms with Gasteiger partial charge < -0.3 is 24.8 Å². The molecule has 1 rings (SSSR count). The molecule has 1 aliphatic heterocycles. The zero-order chi connectivity index (χ0) is 13.5. The van der Waals surface area contributed by atoms with Crippen molar-refractivity contribution in [3.8, 4) is 0 Å². The van der Waals surface area contributed by atoms with Crippen molar-refractivity contribution in [1.29, 1.82) is 0 Å².